The van der Waals surface area contributed by atoms with Gasteiger partial charge in [0.15, 0.2) is 29.3 Å². The molecule has 2 fully saturated rings. The standard InChI is InChI=1S/C31H23N5O9S/c37-28(19-10-4-1-5-11-19)36(29(38)20-12-6-2-7-13-20)27-23-26(32-17-33-27)35(18-34-23)30-25-24(44-46(40,41)45-25)22(43-30)16-42-31(39)21-14-8-3-9-15-21/h1-15,17-18,22,24-25,30H,16H2/t22-,24-,25-,30-/m0/s1. The van der Waals surface area contributed by atoms with Gasteiger partial charge in [-0.1, -0.05) is 54.6 Å². The summed E-state index contributed by atoms with van der Waals surface area (Å²) in [7, 11) is -4.40. The molecule has 5 aromatic rings. The summed E-state index contributed by atoms with van der Waals surface area (Å²) in [6.07, 6.45) is -2.13. The first kappa shape index (κ1) is 29.4. The second-order valence-electron chi connectivity index (χ2n) is 10.3. The van der Waals surface area contributed by atoms with E-state index in [9.17, 15) is 22.8 Å². The summed E-state index contributed by atoms with van der Waals surface area (Å²) in [5.41, 5.74) is 0.922. The summed E-state index contributed by atoms with van der Waals surface area (Å²) in [4.78, 5) is 54.1. The molecule has 2 amide bonds. The molecule has 4 atom stereocenters. The molecule has 232 valence electrons. The van der Waals surface area contributed by atoms with E-state index in [0.29, 0.717) is 5.56 Å². The van der Waals surface area contributed by atoms with E-state index < -0.39 is 52.7 Å². The number of ether oxygens (including phenoxy) is 2. The number of imidazole rings is 1. The van der Waals surface area contributed by atoms with Gasteiger partial charge in [0.1, 0.15) is 25.1 Å². The molecular formula is C31H23N5O9S. The summed E-state index contributed by atoms with van der Waals surface area (Å²) >= 11 is 0. The quantitative estimate of drug-likeness (QED) is 0.188. The SMILES string of the molecule is O=C(OC[C@@H]1O[C@H](n2cnc3c(N(C(=O)c4ccccc4)C(=O)c4ccccc4)ncnc32)[C@H]2OS(=O)(=O)O[C@H]21)c1ccccc1. The number of carbonyl (C=O) groups is 3. The molecule has 0 bridgehead atoms. The Balaban J connectivity index is 1.24. The van der Waals surface area contributed by atoms with E-state index in [-0.39, 0.29) is 34.7 Å². The average molecular weight is 642 g/mol. The summed E-state index contributed by atoms with van der Waals surface area (Å²) in [5, 5.41) is 0. The van der Waals surface area contributed by atoms with Crippen LogP contribution in [0.4, 0.5) is 5.82 Å². The number of esters is 1. The molecule has 2 aliphatic rings. The maximum atomic E-state index is 13.8. The van der Waals surface area contributed by atoms with Gasteiger partial charge in [0.25, 0.3) is 11.8 Å². The monoisotopic (exact) mass is 641 g/mol. The van der Waals surface area contributed by atoms with Crippen molar-refractivity contribution in [2.75, 3.05) is 11.5 Å². The Morgan fingerprint density at radius 3 is 1.93 bits per heavy atom. The number of nitrogens with zero attached hydrogens (tertiary/aromatic N) is 5. The van der Waals surface area contributed by atoms with E-state index in [1.54, 1.807) is 91.0 Å². The molecule has 2 aromatic heterocycles. The number of carbonyl (C=O) groups excluding carboxylic acids is 3. The normalized spacial score (nSPS) is 21.5. The fourth-order valence-corrected chi connectivity index (χ4v) is 6.32. The number of benzene rings is 3. The van der Waals surface area contributed by atoms with Gasteiger partial charge in [-0.25, -0.2) is 33.0 Å². The minimum absolute atomic E-state index is 0.0527. The summed E-state index contributed by atoms with van der Waals surface area (Å²) in [5.74, 6) is -2.05. The third-order valence-corrected chi connectivity index (χ3v) is 8.32. The van der Waals surface area contributed by atoms with Crippen molar-refractivity contribution >= 4 is 45.2 Å². The van der Waals surface area contributed by atoms with Gasteiger partial charge in [0.2, 0.25) is 0 Å². The van der Waals surface area contributed by atoms with Crippen molar-refractivity contribution in [3.8, 4) is 0 Å². The number of amides is 2. The molecule has 0 N–H and O–H groups in total. The largest absolute Gasteiger partial charge is 0.459 e. The van der Waals surface area contributed by atoms with Crippen LogP contribution in [0.2, 0.25) is 0 Å². The van der Waals surface area contributed by atoms with E-state index in [0.717, 1.165) is 11.2 Å². The van der Waals surface area contributed by atoms with Gasteiger partial charge in [-0.3, -0.25) is 14.2 Å². The molecule has 14 nitrogen and oxygen atoms in total. The molecule has 0 saturated carbocycles. The van der Waals surface area contributed by atoms with Crippen molar-refractivity contribution in [3.05, 3.63) is 120 Å². The Morgan fingerprint density at radius 1 is 0.761 bits per heavy atom. The maximum absolute atomic E-state index is 13.8. The van der Waals surface area contributed by atoms with Crippen LogP contribution < -0.4 is 4.90 Å². The first-order valence-corrected chi connectivity index (χ1v) is 15.3. The van der Waals surface area contributed by atoms with Crippen molar-refractivity contribution in [2.24, 2.45) is 0 Å². The van der Waals surface area contributed by atoms with Gasteiger partial charge >= 0.3 is 16.4 Å². The van der Waals surface area contributed by atoms with E-state index in [4.69, 9.17) is 17.8 Å². The predicted octanol–water partition coefficient (Wildman–Crippen LogP) is 3.10. The molecule has 2 aliphatic heterocycles. The number of fused-ring (bicyclic) bond motifs is 2. The molecule has 7 rings (SSSR count). The van der Waals surface area contributed by atoms with Gasteiger partial charge in [-0.05, 0) is 36.4 Å². The van der Waals surface area contributed by atoms with Gasteiger partial charge in [0, 0.05) is 11.1 Å². The van der Waals surface area contributed by atoms with Crippen LogP contribution in [0.3, 0.4) is 0 Å². The maximum Gasteiger partial charge on any atom is 0.400 e. The Hall–Kier alpha value is -5.35. The van der Waals surface area contributed by atoms with E-state index >= 15 is 0 Å². The highest BCUT2D eigenvalue weighted by atomic mass is 32.3. The minimum atomic E-state index is -4.40. The molecule has 3 aromatic carbocycles. The molecule has 2 saturated heterocycles. The van der Waals surface area contributed by atoms with Crippen LogP contribution in [0.5, 0.6) is 0 Å². The number of imide groups is 1. The van der Waals surface area contributed by atoms with Crippen LogP contribution in [0.25, 0.3) is 11.2 Å². The van der Waals surface area contributed by atoms with Gasteiger partial charge < -0.3 is 9.47 Å². The molecular weight excluding hydrogens is 618 g/mol. The van der Waals surface area contributed by atoms with Crippen molar-refractivity contribution in [1.82, 2.24) is 19.5 Å². The Labute approximate surface area is 261 Å². The average Bonchev–Trinajstić information content (AvgIpc) is 3.75. The fourth-order valence-electron chi connectivity index (χ4n) is 5.29. The topological polar surface area (TPSA) is 169 Å². The van der Waals surface area contributed by atoms with E-state index in [1.807, 2.05) is 0 Å². The number of hydrogen-bond donors (Lipinski definition) is 0. The van der Waals surface area contributed by atoms with Gasteiger partial charge in [-0.15, -0.1) is 0 Å². The van der Waals surface area contributed by atoms with Crippen LogP contribution in [-0.4, -0.2) is 70.6 Å². The molecule has 0 spiro atoms. The van der Waals surface area contributed by atoms with E-state index in [2.05, 4.69) is 15.0 Å². The zero-order valence-corrected chi connectivity index (χ0v) is 24.5. The molecule has 46 heavy (non-hydrogen) atoms. The Morgan fingerprint density at radius 2 is 1.33 bits per heavy atom. The lowest BCUT2D eigenvalue weighted by molar-refractivity contribution is -0.0595. The molecule has 0 aliphatic carbocycles. The minimum Gasteiger partial charge on any atom is -0.459 e. The van der Waals surface area contributed by atoms with Gasteiger partial charge in [-0.2, -0.15) is 8.42 Å². The lowest BCUT2D eigenvalue weighted by Gasteiger charge is -2.21. The lowest BCUT2D eigenvalue weighted by atomic mass is 10.1. The van der Waals surface area contributed by atoms with Crippen molar-refractivity contribution < 1.29 is 40.6 Å². The zero-order chi connectivity index (χ0) is 31.8. The van der Waals surface area contributed by atoms with Crippen LogP contribution >= 0.6 is 0 Å². The first-order valence-electron chi connectivity index (χ1n) is 14.0. The molecule has 0 radical (unpaired) electrons. The lowest BCUT2D eigenvalue weighted by Crippen LogP contribution is -2.38. The first-order chi connectivity index (χ1) is 22.3. The summed E-state index contributed by atoms with van der Waals surface area (Å²) in [6.45, 7) is -0.345. The number of hydrogen-bond acceptors (Lipinski definition) is 12. The van der Waals surface area contributed by atoms with Crippen molar-refractivity contribution in [2.45, 2.75) is 24.5 Å². The van der Waals surface area contributed by atoms with Crippen LogP contribution in [0, 0.1) is 0 Å². The van der Waals surface area contributed by atoms with Crippen LogP contribution in [-0.2, 0) is 28.2 Å². The number of rotatable bonds is 7. The number of aromatic nitrogens is 4. The molecule has 0 unspecified atom stereocenters. The Kier molecular flexibility index (Phi) is 7.58. The fraction of sp³-hybridized carbons (Fsp3) is 0.161. The summed E-state index contributed by atoms with van der Waals surface area (Å²) < 4.78 is 48.0. The second kappa shape index (κ2) is 11.9. The number of anilines is 1. The van der Waals surface area contributed by atoms with Crippen LogP contribution in [0.1, 0.15) is 37.3 Å². The summed E-state index contributed by atoms with van der Waals surface area (Å²) in [6, 6.07) is 24.7. The van der Waals surface area contributed by atoms with Crippen molar-refractivity contribution in [1.29, 1.82) is 0 Å². The third-order valence-electron chi connectivity index (χ3n) is 7.40. The highest BCUT2D eigenvalue weighted by molar-refractivity contribution is 7.82. The van der Waals surface area contributed by atoms with Crippen LogP contribution in [0.15, 0.2) is 104 Å². The predicted molar refractivity (Wildman–Crippen MR) is 159 cm³/mol. The van der Waals surface area contributed by atoms with Crippen molar-refractivity contribution in [3.63, 3.8) is 0 Å². The third kappa shape index (κ3) is 5.41. The molecule has 4 heterocycles. The van der Waals surface area contributed by atoms with E-state index in [1.165, 1.54) is 10.9 Å². The smallest absolute Gasteiger partial charge is 0.400 e. The highest BCUT2D eigenvalue weighted by Gasteiger charge is 2.57. The van der Waals surface area contributed by atoms with Gasteiger partial charge in [0.05, 0.1) is 11.9 Å². The zero-order valence-electron chi connectivity index (χ0n) is 23.7. The Bertz CT molecular complexity index is 1990. The molecule has 15 heteroatoms. The highest BCUT2D eigenvalue weighted by Crippen LogP contribution is 2.41. The second-order valence-corrected chi connectivity index (χ2v) is 11.5.